The Morgan fingerprint density at radius 1 is 1.35 bits per heavy atom. The zero-order chi connectivity index (χ0) is 13.4. The van der Waals surface area contributed by atoms with Gasteiger partial charge in [0, 0.05) is 12.6 Å². The van der Waals surface area contributed by atoms with Crippen LogP contribution < -0.4 is 5.73 Å². The second kappa shape index (κ2) is 4.48. The predicted octanol–water partition coefficient (Wildman–Crippen LogP) is 1.91. The van der Waals surface area contributed by atoms with Gasteiger partial charge in [0.2, 0.25) is 0 Å². The highest BCUT2D eigenvalue weighted by molar-refractivity contribution is 5.87. The molecule has 0 saturated carbocycles. The van der Waals surface area contributed by atoms with Crippen molar-refractivity contribution < 1.29 is 18.0 Å². The van der Waals surface area contributed by atoms with Gasteiger partial charge in [0.1, 0.15) is 0 Å². The fourth-order valence-electron chi connectivity index (χ4n) is 2.13. The summed E-state index contributed by atoms with van der Waals surface area (Å²) in [4.78, 5) is 13.1. The Kier molecular flexibility index (Phi) is 3.76. The third-order valence-corrected chi connectivity index (χ3v) is 3.43. The largest absolute Gasteiger partial charge is 0.415 e. The van der Waals surface area contributed by atoms with E-state index < -0.39 is 17.6 Å². The van der Waals surface area contributed by atoms with Crippen molar-refractivity contribution in [3.63, 3.8) is 0 Å². The van der Waals surface area contributed by atoms with Crippen LogP contribution >= 0.6 is 0 Å². The smallest absolute Gasteiger partial charge is 0.338 e. The second-order valence-corrected chi connectivity index (χ2v) is 5.18. The number of piperidine rings is 1. The summed E-state index contributed by atoms with van der Waals surface area (Å²) in [7, 11) is 0. The third kappa shape index (κ3) is 2.73. The van der Waals surface area contributed by atoms with E-state index in [1.807, 2.05) is 6.92 Å². The maximum atomic E-state index is 12.7. The molecule has 3 atom stereocenters. The SMILES string of the molecule is CC1CCN(C(=O)C(C)(N)C(F)(F)F)C(C)C1. The van der Waals surface area contributed by atoms with Crippen LogP contribution in [0.4, 0.5) is 13.2 Å². The quantitative estimate of drug-likeness (QED) is 0.775. The van der Waals surface area contributed by atoms with Crippen LogP contribution in [0.15, 0.2) is 0 Å². The first-order valence-electron chi connectivity index (χ1n) is 5.74. The number of nitrogens with zero attached hydrogens (tertiary/aromatic N) is 1. The molecule has 1 saturated heterocycles. The second-order valence-electron chi connectivity index (χ2n) is 5.18. The molecule has 0 aromatic carbocycles. The molecular weight excluding hydrogens is 233 g/mol. The lowest BCUT2D eigenvalue weighted by molar-refractivity contribution is -0.195. The number of rotatable bonds is 1. The maximum absolute atomic E-state index is 12.7. The monoisotopic (exact) mass is 252 g/mol. The van der Waals surface area contributed by atoms with Crippen LogP contribution in [-0.2, 0) is 4.79 Å². The highest BCUT2D eigenvalue weighted by atomic mass is 19.4. The van der Waals surface area contributed by atoms with Crippen molar-refractivity contribution in [1.29, 1.82) is 0 Å². The number of likely N-dealkylation sites (tertiary alicyclic amines) is 1. The van der Waals surface area contributed by atoms with Crippen molar-refractivity contribution in [1.82, 2.24) is 4.90 Å². The van der Waals surface area contributed by atoms with E-state index in [0.717, 1.165) is 19.8 Å². The van der Waals surface area contributed by atoms with Crippen LogP contribution in [-0.4, -0.2) is 35.1 Å². The molecule has 100 valence electrons. The first-order valence-corrected chi connectivity index (χ1v) is 5.74. The third-order valence-electron chi connectivity index (χ3n) is 3.43. The Hall–Kier alpha value is -0.780. The zero-order valence-corrected chi connectivity index (χ0v) is 10.3. The van der Waals surface area contributed by atoms with E-state index >= 15 is 0 Å². The molecule has 0 aromatic rings. The summed E-state index contributed by atoms with van der Waals surface area (Å²) in [6, 6.07) is -0.184. The van der Waals surface area contributed by atoms with E-state index in [4.69, 9.17) is 5.73 Å². The van der Waals surface area contributed by atoms with Crippen LogP contribution in [0.5, 0.6) is 0 Å². The maximum Gasteiger partial charge on any atom is 0.415 e. The van der Waals surface area contributed by atoms with Crippen LogP contribution in [0.25, 0.3) is 0 Å². The van der Waals surface area contributed by atoms with Crippen molar-refractivity contribution in [2.24, 2.45) is 11.7 Å². The minimum absolute atomic E-state index is 0.184. The standard InChI is InChI=1S/C11H19F3N2O/c1-7-4-5-16(8(2)6-7)9(17)10(3,15)11(12,13)14/h7-8H,4-6,15H2,1-3H3. The Morgan fingerprint density at radius 2 is 1.88 bits per heavy atom. The van der Waals surface area contributed by atoms with Gasteiger partial charge in [-0.15, -0.1) is 0 Å². The fourth-order valence-corrected chi connectivity index (χ4v) is 2.13. The van der Waals surface area contributed by atoms with E-state index in [2.05, 4.69) is 0 Å². The predicted molar refractivity (Wildman–Crippen MR) is 58.2 cm³/mol. The van der Waals surface area contributed by atoms with Crippen molar-refractivity contribution in [3.05, 3.63) is 0 Å². The number of alkyl halides is 3. The highest BCUT2D eigenvalue weighted by Crippen LogP contribution is 2.32. The van der Waals surface area contributed by atoms with Crippen molar-refractivity contribution in [2.75, 3.05) is 6.54 Å². The van der Waals surface area contributed by atoms with Gasteiger partial charge < -0.3 is 10.6 Å². The van der Waals surface area contributed by atoms with E-state index in [1.54, 1.807) is 6.92 Å². The topological polar surface area (TPSA) is 46.3 Å². The number of carbonyl (C=O) groups is 1. The van der Waals surface area contributed by atoms with Gasteiger partial charge in [-0.05, 0) is 32.6 Å². The number of hydrogen-bond donors (Lipinski definition) is 1. The van der Waals surface area contributed by atoms with Gasteiger partial charge in [-0.1, -0.05) is 6.92 Å². The van der Waals surface area contributed by atoms with E-state index in [1.165, 1.54) is 4.90 Å². The summed E-state index contributed by atoms with van der Waals surface area (Å²) >= 11 is 0. The minimum Gasteiger partial charge on any atom is -0.338 e. The van der Waals surface area contributed by atoms with Gasteiger partial charge in [0.15, 0.2) is 5.54 Å². The molecule has 1 heterocycles. The molecule has 3 unspecified atom stereocenters. The molecule has 0 spiro atoms. The van der Waals surface area contributed by atoms with Crippen LogP contribution in [0, 0.1) is 5.92 Å². The molecule has 1 amide bonds. The fraction of sp³-hybridized carbons (Fsp3) is 0.909. The van der Waals surface area contributed by atoms with Gasteiger partial charge in [0.25, 0.3) is 5.91 Å². The van der Waals surface area contributed by atoms with Gasteiger partial charge in [0.05, 0.1) is 0 Å². The zero-order valence-electron chi connectivity index (χ0n) is 10.3. The normalized spacial score (nSPS) is 29.9. The lowest BCUT2D eigenvalue weighted by Gasteiger charge is -2.41. The lowest BCUT2D eigenvalue weighted by Crippen LogP contribution is -2.64. The molecule has 0 bridgehead atoms. The number of hydrogen-bond acceptors (Lipinski definition) is 2. The molecule has 17 heavy (non-hydrogen) atoms. The lowest BCUT2D eigenvalue weighted by atomic mass is 9.91. The highest BCUT2D eigenvalue weighted by Gasteiger charge is 2.56. The molecule has 1 aliphatic rings. The first kappa shape index (κ1) is 14.3. The average Bonchev–Trinajstić information content (AvgIpc) is 2.14. The van der Waals surface area contributed by atoms with Crippen molar-refractivity contribution in [2.45, 2.75) is 51.4 Å². The van der Waals surface area contributed by atoms with Crippen LogP contribution in [0.2, 0.25) is 0 Å². The summed E-state index contributed by atoms with van der Waals surface area (Å²) in [5, 5.41) is 0. The molecule has 3 nitrogen and oxygen atoms in total. The first-order chi connectivity index (χ1) is 7.57. The average molecular weight is 252 g/mol. The molecular formula is C11H19F3N2O. The molecule has 6 heteroatoms. The number of amides is 1. The Morgan fingerprint density at radius 3 is 2.29 bits per heavy atom. The Labute approximate surface area is 99.1 Å². The Balaban J connectivity index is 2.83. The van der Waals surface area contributed by atoms with E-state index in [9.17, 15) is 18.0 Å². The van der Waals surface area contributed by atoms with Gasteiger partial charge in [-0.25, -0.2) is 0 Å². The molecule has 1 rings (SSSR count). The molecule has 2 N–H and O–H groups in total. The molecule has 0 aliphatic carbocycles. The van der Waals surface area contributed by atoms with Gasteiger partial charge in [-0.2, -0.15) is 13.2 Å². The summed E-state index contributed by atoms with van der Waals surface area (Å²) in [6.45, 7) is 4.88. The van der Waals surface area contributed by atoms with Crippen LogP contribution in [0.3, 0.4) is 0 Å². The molecule has 1 aliphatic heterocycles. The van der Waals surface area contributed by atoms with Crippen molar-refractivity contribution in [3.8, 4) is 0 Å². The van der Waals surface area contributed by atoms with Gasteiger partial charge in [-0.3, -0.25) is 4.79 Å². The molecule has 1 fully saturated rings. The van der Waals surface area contributed by atoms with Gasteiger partial charge >= 0.3 is 6.18 Å². The number of nitrogens with two attached hydrogens (primary N) is 1. The summed E-state index contributed by atoms with van der Waals surface area (Å²) in [6.07, 6.45) is -3.27. The molecule has 0 radical (unpaired) electrons. The minimum atomic E-state index is -4.72. The van der Waals surface area contributed by atoms with Crippen molar-refractivity contribution >= 4 is 5.91 Å². The summed E-state index contributed by atoms with van der Waals surface area (Å²) in [5.74, 6) is -0.589. The van der Waals surface area contributed by atoms with Crippen LogP contribution in [0.1, 0.15) is 33.6 Å². The number of carbonyl (C=O) groups excluding carboxylic acids is 1. The summed E-state index contributed by atoms with van der Waals surface area (Å²) in [5.41, 5.74) is 2.36. The Bertz CT molecular complexity index is 302. The molecule has 0 aromatic heterocycles. The number of halogens is 3. The van der Waals surface area contributed by atoms with E-state index in [0.29, 0.717) is 12.5 Å². The summed E-state index contributed by atoms with van der Waals surface area (Å²) < 4.78 is 38.0. The van der Waals surface area contributed by atoms with E-state index in [-0.39, 0.29) is 6.04 Å².